The van der Waals surface area contributed by atoms with Gasteiger partial charge in [-0.1, -0.05) is 94.3 Å². The number of benzene rings is 2. The van der Waals surface area contributed by atoms with Gasteiger partial charge in [0.2, 0.25) is 5.91 Å². The normalized spacial score (nSPS) is 12.8. The first-order valence-corrected chi connectivity index (χ1v) is 17.1. The van der Waals surface area contributed by atoms with Crippen molar-refractivity contribution >= 4 is 29.4 Å². The Bertz CT molecular complexity index is 902. The minimum Gasteiger partial charge on any atom is -0.375 e. The van der Waals surface area contributed by atoms with Crippen molar-refractivity contribution in [3.05, 3.63) is 71.8 Å². The van der Waals surface area contributed by atoms with Crippen LogP contribution < -0.4 is 5.32 Å². The first-order chi connectivity index (χ1) is 18.7. The molecule has 0 heterocycles. The fourth-order valence-corrected chi connectivity index (χ4v) is 6.59. The summed E-state index contributed by atoms with van der Waals surface area (Å²) in [6.07, 6.45) is 8.12. The molecule has 1 unspecified atom stereocenters. The molecule has 0 saturated carbocycles. The summed E-state index contributed by atoms with van der Waals surface area (Å²) < 4.78 is 6.14. The van der Waals surface area contributed by atoms with E-state index in [2.05, 4.69) is 112 Å². The average Bonchev–Trinajstić information content (AvgIpc) is 2.92. The lowest BCUT2D eigenvalue weighted by Crippen LogP contribution is -2.33. The van der Waals surface area contributed by atoms with E-state index in [0.29, 0.717) is 23.6 Å². The van der Waals surface area contributed by atoms with Crippen LogP contribution in [0.2, 0.25) is 0 Å². The molecule has 0 aliphatic rings. The quantitative estimate of drug-likeness (QED) is 0.152. The second-order valence-electron chi connectivity index (χ2n) is 12.0. The number of unbranched alkanes of at least 4 members (excludes halogenated alkanes) is 1. The third kappa shape index (κ3) is 16.4. The molecule has 2 rings (SSSR count). The molecule has 39 heavy (non-hydrogen) atoms. The van der Waals surface area contributed by atoms with Crippen LogP contribution in [0, 0.1) is 5.41 Å². The van der Waals surface area contributed by atoms with Gasteiger partial charge < -0.3 is 10.1 Å². The lowest BCUT2D eigenvalue weighted by molar-refractivity contribution is -0.121. The zero-order valence-corrected chi connectivity index (χ0v) is 26.8. The molecular weight excluding hydrogens is 519 g/mol. The van der Waals surface area contributed by atoms with Gasteiger partial charge in [-0.3, -0.25) is 4.79 Å². The maximum Gasteiger partial charge on any atom is 0.219 e. The second kappa shape index (κ2) is 18.8. The van der Waals surface area contributed by atoms with E-state index < -0.39 is 0 Å². The van der Waals surface area contributed by atoms with Crippen molar-refractivity contribution in [2.24, 2.45) is 5.41 Å². The van der Waals surface area contributed by atoms with Gasteiger partial charge in [0.25, 0.3) is 0 Å². The maximum absolute atomic E-state index is 12.5. The Hall–Kier alpha value is -1.43. The molecule has 1 N–H and O–H groups in total. The second-order valence-corrected chi connectivity index (χ2v) is 14.4. The fraction of sp³-hybridized carbons (Fsp3) is 0.618. The number of ether oxygens (including phenoxy) is 1. The van der Waals surface area contributed by atoms with E-state index in [1.54, 1.807) is 0 Å². The highest BCUT2D eigenvalue weighted by Gasteiger charge is 2.21. The third-order valence-electron chi connectivity index (χ3n) is 7.48. The van der Waals surface area contributed by atoms with Gasteiger partial charge in [0, 0.05) is 36.3 Å². The van der Waals surface area contributed by atoms with Gasteiger partial charge in [-0.15, -0.1) is 0 Å². The van der Waals surface area contributed by atoms with E-state index in [-0.39, 0.29) is 11.5 Å². The number of nitrogens with one attached hydrogen (secondary N) is 1. The summed E-state index contributed by atoms with van der Waals surface area (Å²) in [7, 11) is 0. The maximum atomic E-state index is 12.5. The van der Waals surface area contributed by atoms with Crippen molar-refractivity contribution in [2.45, 2.75) is 108 Å². The van der Waals surface area contributed by atoms with E-state index >= 15 is 0 Å². The lowest BCUT2D eigenvalue weighted by atomic mass is 9.87. The molecule has 0 aliphatic heterocycles. The van der Waals surface area contributed by atoms with Gasteiger partial charge in [0.05, 0.1) is 5.60 Å². The van der Waals surface area contributed by atoms with Crippen LogP contribution in [0.4, 0.5) is 0 Å². The molecule has 0 spiro atoms. The monoisotopic (exact) mass is 571 g/mol. The van der Waals surface area contributed by atoms with Gasteiger partial charge in [0.15, 0.2) is 0 Å². The number of hydrogen-bond acceptors (Lipinski definition) is 4. The van der Waals surface area contributed by atoms with Crippen LogP contribution in [-0.2, 0) is 21.0 Å². The minimum atomic E-state index is -0.210. The highest BCUT2D eigenvalue weighted by molar-refractivity contribution is 7.99. The summed E-state index contributed by atoms with van der Waals surface area (Å²) >= 11 is 4.11. The third-order valence-corrected chi connectivity index (χ3v) is 9.99. The van der Waals surface area contributed by atoms with Crippen LogP contribution in [0.1, 0.15) is 97.1 Å². The SMILES string of the molecule is CCC(C)(C)CCOC(C)(C)CCNC(=O)CCCCC(CCSCc1ccccc1)SCc1ccccc1. The summed E-state index contributed by atoms with van der Waals surface area (Å²) in [4.78, 5) is 12.5. The fourth-order valence-electron chi connectivity index (χ4n) is 4.18. The predicted octanol–water partition coefficient (Wildman–Crippen LogP) is 9.30. The number of hydrogen-bond donors (Lipinski definition) is 1. The number of thioether (sulfide) groups is 2. The topological polar surface area (TPSA) is 38.3 Å². The predicted molar refractivity (Wildman–Crippen MR) is 174 cm³/mol. The first kappa shape index (κ1) is 33.8. The largest absolute Gasteiger partial charge is 0.375 e. The summed E-state index contributed by atoms with van der Waals surface area (Å²) in [5, 5.41) is 3.75. The van der Waals surface area contributed by atoms with Crippen LogP contribution in [0.3, 0.4) is 0 Å². The Kier molecular flexibility index (Phi) is 16.3. The Labute approximate surface area is 248 Å². The van der Waals surface area contributed by atoms with Crippen LogP contribution in [0.15, 0.2) is 60.7 Å². The molecule has 0 aliphatic carbocycles. The van der Waals surface area contributed by atoms with Crippen LogP contribution in [0.25, 0.3) is 0 Å². The van der Waals surface area contributed by atoms with Gasteiger partial charge in [0.1, 0.15) is 0 Å². The molecule has 0 saturated heterocycles. The standard InChI is InChI=1S/C34H53NO2S2/c1-6-33(2,3)23-25-37-34(4,5)22-24-35-32(36)20-14-13-19-31(39-28-30-17-11-8-12-18-30)21-26-38-27-29-15-9-7-10-16-29/h7-12,15-18,31H,6,13-14,19-28H2,1-5H3,(H,35,36). The van der Waals surface area contributed by atoms with Crippen molar-refractivity contribution in [1.82, 2.24) is 5.32 Å². The molecule has 2 aromatic rings. The Balaban J connectivity index is 1.64. The highest BCUT2D eigenvalue weighted by Crippen LogP contribution is 2.28. The van der Waals surface area contributed by atoms with E-state index in [1.807, 2.05) is 11.8 Å². The van der Waals surface area contributed by atoms with Crippen molar-refractivity contribution in [3.8, 4) is 0 Å². The molecule has 0 bridgehead atoms. The Morgan fingerprint density at radius 3 is 2.15 bits per heavy atom. The van der Waals surface area contributed by atoms with Crippen molar-refractivity contribution in [3.63, 3.8) is 0 Å². The summed E-state index contributed by atoms with van der Waals surface area (Å²) in [6.45, 7) is 12.5. The van der Waals surface area contributed by atoms with Crippen LogP contribution in [-0.4, -0.2) is 35.7 Å². The Morgan fingerprint density at radius 1 is 0.872 bits per heavy atom. The minimum absolute atomic E-state index is 0.171. The molecule has 1 amide bonds. The van der Waals surface area contributed by atoms with Gasteiger partial charge in [-0.05, 0) is 68.2 Å². The van der Waals surface area contributed by atoms with Crippen molar-refractivity contribution in [1.29, 1.82) is 0 Å². The molecule has 218 valence electrons. The van der Waals surface area contributed by atoms with Crippen molar-refractivity contribution < 1.29 is 9.53 Å². The van der Waals surface area contributed by atoms with Crippen molar-refractivity contribution in [2.75, 3.05) is 18.9 Å². The molecule has 1 atom stereocenters. The van der Waals surface area contributed by atoms with E-state index in [1.165, 1.54) is 29.7 Å². The Morgan fingerprint density at radius 2 is 1.51 bits per heavy atom. The zero-order chi connectivity index (χ0) is 28.4. The summed E-state index contributed by atoms with van der Waals surface area (Å²) in [5.74, 6) is 3.49. The van der Waals surface area contributed by atoms with Gasteiger partial charge >= 0.3 is 0 Å². The molecule has 5 heteroatoms. The summed E-state index contributed by atoms with van der Waals surface area (Å²) in [6, 6.07) is 21.5. The molecule has 0 radical (unpaired) electrons. The molecule has 3 nitrogen and oxygen atoms in total. The number of amides is 1. The van der Waals surface area contributed by atoms with Crippen LogP contribution >= 0.6 is 23.5 Å². The lowest BCUT2D eigenvalue weighted by Gasteiger charge is -2.29. The smallest absolute Gasteiger partial charge is 0.219 e. The van der Waals surface area contributed by atoms with Gasteiger partial charge in [-0.2, -0.15) is 23.5 Å². The molecular formula is C34H53NO2S2. The van der Waals surface area contributed by atoms with Gasteiger partial charge in [-0.25, -0.2) is 0 Å². The molecule has 2 aromatic carbocycles. The molecule has 0 fully saturated rings. The highest BCUT2D eigenvalue weighted by atomic mass is 32.2. The number of carbonyl (C=O) groups is 1. The van der Waals surface area contributed by atoms with Crippen LogP contribution in [0.5, 0.6) is 0 Å². The number of carbonyl (C=O) groups excluding carboxylic acids is 1. The van der Waals surface area contributed by atoms with E-state index in [4.69, 9.17) is 4.74 Å². The van der Waals surface area contributed by atoms with E-state index in [0.717, 1.165) is 50.2 Å². The van der Waals surface area contributed by atoms with E-state index in [9.17, 15) is 4.79 Å². The first-order valence-electron chi connectivity index (χ1n) is 14.9. The molecule has 0 aromatic heterocycles. The average molecular weight is 572 g/mol. The zero-order valence-electron chi connectivity index (χ0n) is 25.2. The summed E-state index contributed by atoms with van der Waals surface area (Å²) in [5.41, 5.74) is 2.91. The number of rotatable bonds is 21.